The number of hydrogen-bond acceptors (Lipinski definition) is 4. The molecule has 3 rings (SSSR count). The number of benzene rings is 1. The summed E-state index contributed by atoms with van der Waals surface area (Å²) in [5, 5.41) is 0.801. The van der Waals surface area contributed by atoms with Crippen LogP contribution in [0.3, 0.4) is 0 Å². The molecule has 24 heavy (non-hydrogen) atoms. The summed E-state index contributed by atoms with van der Waals surface area (Å²) in [6, 6.07) is 11.6. The van der Waals surface area contributed by atoms with E-state index in [2.05, 4.69) is 15.0 Å². The molecular formula is C19H20N4O. The van der Waals surface area contributed by atoms with Gasteiger partial charge in [0.1, 0.15) is 11.5 Å². The third-order valence-electron chi connectivity index (χ3n) is 4.01. The normalized spacial score (nSPS) is 10.8. The minimum absolute atomic E-state index is 0.0479. The van der Waals surface area contributed by atoms with Crippen LogP contribution < -0.4 is 0 Å². The van der Waals surface area contributed by atoms with Gasteiger partial charge in [0.25, 0.3) is 5.91 Å². The molecule has 0 N–H and O–H groups in total. The van der Waals surface area contributed by atoms with Crippen molar-refractivity contribution in [2.45, 2.75) is 20.3 Å². The number of nitrogens with zero attached hydrogens (tertiary/aromatic N) is 4. The molecule has 0 aliphatic carbocycles. The fraction of sp³-hybridized carbons (Fsp3) is 0.263. The average molecular weight is 320 g/mol. The van der Waals surface area contributed by atoms with Crippen LogP contribution in [0.1, 0.15) is 28.8 Å². The first kappa shape index (κ1) is 16.1. The number of carbonyl (C=O) groups is 1. The van der Waals surface area contributed by atoms with Crippen molar-refractivity contribution >= 4 is 16.8 Å². The number of aryl methyl sites for hydroxylation is 1. The zero-order valence-electron chi connectivity index (χ0n) is 13.9. The zero-order valence-corrected chi connectivity index (χ0v) is 13.9. The molecule has 0 unspecified atom stereocenters. The smallest absolute Gasteiger partial charge is 0.273 e. The lowest BCUT2D eigenvalue weighted by atomic mass is 10.1. The van der Waals surface area contributed by atoms with Gasteiger partial charge in [-0.25, -0.2) is 9.97 Å². The lowest BCUT2D eigenvalue weighted by Gasteiger charge is -2.21. The number of carbonyl (C=O) groups excluding carboxylic acids is 1. The van der Waals surface area contributed by atoms with Crippen molar-refractivity contribution < 1.29 is 4.79 Å². The molecule has 0 radical (unpaired) electrons. The summed E-state index contributed by atoms with van der Waals surface area (Å²) < 4.78 is 0. The first-order valence-electron chi connectivity index (χ1n) is 8.10. The lowest BCUT2D eigenvalue weighted by Crippen LogP contribution is -2.33. The van der Waals surface area contributed by atoms with Crippen LogP contribution in [0.2, 0.25) is 0 Å². The maximum atomic E-state index is 13.0. The molecule has 0 spiro atoms. The Morgan fingerprint density at radius 1 is 1.08 bits per heavy atom. The van der Waals surface area contributed by atoms with Crippen molar-refractivity contribution in [3.05, 3.63) is 65.9 Å². The Hall–Kier alpha value is -2.82. The van der Waals surface area contributed by atoms with Crippen molar-refractivity contribution in [2.24, 2.45) is 0 Å². The number of aromatic nitrogens is 3. The number of hydrogen-bond donors (Lipinski definition) is 0. The summed E-state index contributed by atoms with van der Waals surface area (Å²) >= 11 is 0. The number of fused-ring (bicyclic) bond motifs is 1. The molecule has 5 heteroatoms. The highest BCUT2D eigenvalue weighted by molar-refractivity contribution is 6.04. The largest absolute Gasteiger partial charge is 0.337 e. The lowest BCUT2D eigenvalue weighted by molar-refractivity contribution is 0.0762. The minimum Gasteiger partial charge on any atom is -0.337 e. The van der Waals surface area contributed by atoms with Crippen LogP contribution >= 0.6 is 0 Å². The van der Waals surface area contributed by atoms with Crippen LogP contribution in [0.5, 0.6) is 0 Å². The van der Waals surface area contributed by atoms with E-state index in [0.29, 0.717) is 24.6 Å². The Kier molecular flexibility index (Phi) is 4.79. The van der Waals surface area contributed by atoms with Gasteiger partial charge in [-0.3, -0.25) is 9.78 Å². The highest BCUT2D eigenvalue weighted by Gasteiger charge is 2.19. The van der Waals surface area contributed by atoms with E-state index >= 15 is 0 Å². The third kappa shape index (κ3) is 3.40. The van der Waals surface area contributed by atoms with Crippen LogP contribution in [-0.2, 0) is 6.42 Å². The summed E-state index contributed by atoms with van der Waals surface area (Å²) in [5.74, 6) is 0.565. The maximum Gasteiger partial charge on any atom is 0.273 e. The molecule has 5 nitrogen and oxygen atoms in total. The van der Waals surface area contributed by atoms with Crippen molar-refractivity contribution in [3.8, 4) is 0 Å². The van der Waals surface area contributed by atoms with Gasteiger partial charge >= 0.3 is 0 Å². The molecule has 3 aromatic rings. The number of likely N-dealkylation sites (N-methyl/N-ethyl adjacent to an activating group) is 1. The summed E-state index contributed by atoms with van der Waals surface area (Å²) in [7, 11) is 0. The summed E-state index contributed by atoms with van der Waals surface area (Å²) in [6.07, 6.45) is 4.34. The van der Waals surface area contributed by atoms with Crippen molar-refractivity contribution in [1.82, 2.24) is 19.9 Å². The van der Waals surface area contributed by atoms with E-state index in [1.165, 1.54) is 5.56 Å². The monoisotopic (exact) mass is 320 g/mol. The second-order valence-corrected chi connectivity index (χ2v) is 5.63. The van der Waals surface area contributed by atoms with Gasteiger partial charge in [0.05, 0.1) is 5.52 Å². The van der Waals surface area contributed by atoms with E-state index in [9.17, 15) is 4.79 Å². The fourth-order valence-corrected chi connectivity index (χ4v) is 2.72. The highest BCUT2D eigenvalue weighted by atomic mass is 16.2. The van der Waals surface area contributed by atoms with Gasteiger partial charge in [-0.05, 0) is 44.0 Å². The molecule has 1 amide bonds. The molecule has 0 saturated carbocycles. The predicted molar refractivity (Wildman–Crippen MR) is 93.8 cm³/mol. The van der Waals surface area contributed by atoms with E-state index < -0.39 is 0 Å². The van der Waals surface area contributed by atoms with Gasteiger partial charge in [0, 0.05) is 30.9 Å². The van der Waals surface area contributed by atoms with E-state index in [1.807, 2.05) is 55.1 Å². The number of para-hydroxylation sites is 1. The molecule has 2 heterocycles. The fourth-order valence-electron chi connectivity index (χ4n) is 2.72. The summed E-state index contributed by atoms with van der Waals surface area (Å²) in [4.78, 5) is 27.7. The maximum absolute atomic E-state index is 13.0. The first-order valence-corrected chi connectivity index (χ1v) is 8.10. The third-order valence-corrected chi connectivity index (χ3v) is 4.01. The Bertz CT molecular complexity index is 848. The Morgan fingerprint density at radius 3 is 2.58 bits per heavy atom. The Labute approximate surface area is 141 Å². The van der Waals surface area contributed by atoms with Gasteiger partial charge in [0.15, 0.2) is 0 Å². The summed E-state index contributed by atoms with van der Waals surface area (Å²) in [6.45, 7) is 5.09. The molecule has 0 atom stereocenters. The predicted octanol–water partition coefficient (Wildman–Crippen LogP) is 3.04. The molecule has 0 aliphatic heterocycles. The van der Waals surface area contributed by atoms with E-state index in [-0.39, 0.29) is 5.91 Å². The molecule has 1 aromatic carbocycles. The van der Waals surface area contributed by atoms with Crippen molar-refractivity contribution in [2.75, 3.05) is 13.1 Å². The number of amides is 1. The van der Waals surface area contributed by atoms with Crippen LogP contribution in [0.4, 0.5) is 0 Å². The topological polar surface area (TPSA) is 59.0 Å². The van der Waals surface area contributed by atoms with E-state index in [0.717, 1.165) is 17.3 Å². The number of rotatable bonds is 5. The Balaban J connectivity index is 1.86. The van der Waals surface area contributed by atoms with Crippen molar-refractivity contribution in [3.63, 3.8) is 0 Å². The molecule has 0 fully saturated rings. The average Bonchev–Trinajstić information content (AvgIpc) is 2.62. The zero-order chi connectivity index (χ0) is 16.9. The quantitative estimate of drug-likeness (QED) is 0.725. The molecule has 122 valence electrons. The van der Waals surface area contributed by atoms with Crippen LogP contribution in [0.15, 0.2) is 48.8 Å². The van der Waals surface area contributed by atoms with Gasteiger partial charge in [-0.15, -0.1) is 0 Å². The molecule has 0 bridgehead atoms. The highest BCUT2D eigenvalue weighted by Crippen LogP contribution is 2.17. The van der Waals surface area contributed by atoms with Crippen LogP contribution in [0.25, 0.3) is 10.9 Å². The first-order chi connectivity index (χ1) is 11.7. The SMILES string of the molecule is CCN(CCc1ccncc1)C(=O)c1nc(C)nc2ccccc12. The van der Waals surface area contributed by atoms with Gasteiger partial charge in [-0.2, -0.15) is 0 Å². The minimum atomic E-state index is -0.0479. The molecule has 2 aromatic heterocycles. The molecular weight excluding hydrogens is 300 g/mol. The van der Waals surface area contributed by atoms with E-state index in [1.54, 1.807) is 12.4 Å². The van der Waals surface area contributed by atoms with Gasteiger partial charge in [0.2, 0.25) is 0 Å². The second-order valence-electron chi connectivity index (χ2n) is 5.63. The summed E-state index contributed by atoms with van der Waals surface area (Å²) in [5.41, 5.74) is 2.45. The molecule has 0 aliphatic rings. The van der Waals surface area contributed by atoms with Gasteiger partial charge in [-0.1, -0.05) is 18.2 Å². The van der Waals surface area contributed by atoms with Crippen molar-refractivity contribution in [1.29, 1.82) is 0 Å². The number of pyridine rings is 1. The second kappa shape index (κ2) is 7.17. The Morgan fingerprint density at radius 2 is 1.83 bits per heavy atom. The van der Waals surface area contributed by atoms with Crippen LogP contribution in [-0.4, -0.2) is 38.8 Å². The standard InChI is InChI=1S/C19H20N4O/c1-3-23(13-10-15-8-11-20-12-9-15)19(24)18-16-6-4-5-7-17(16)21-14(2)22-18/h4-9,11-12H,3,10,13H2,1-2H3. The van der Waals surface area contributed by atoms with Gasteiger partial charge < -0.3 is 4.90 Å². The van der Waals surface area contributed by atoms with E-state index in [4.69, 9.17) is 0 Å². The van der Waals surface area contributed by atoms with Crippen LogP contribution in [0, 0.1) is 6.92 Å². The molecule has 0 saturated heterocycles.